The number of piperidine rings is 1. The highest BCUT2D eigenvalue weighted by Gasteiger charge is 2.27. The van der Waals surface area contributed by atoms with Crippen molar-refractivity contribution in [2.75, 3.05) is 48.3 Å². The summed E-state index contributed by atoms with van der Waals surface area (Å²) in [5.74, 6) is 2.70. The van der Waals surface area contributed by atoms with E-state index in [0.717, 1.165) is 93.9 Å². The van der Waals surface area contributed by atoms with E-state index < -0.39 is 18.1 Å². The average Bonchev–Trinajstić information content (AvgIpc) is 3.49. The topological polar surface area (TPSA) is 142 Å². The van der Waals surface area contributed by atoms with Crippen LogP contribution < -0.4 is 20.9 Å². The Hall–Kier alpha value is -3.63. The lowest BCUT2D eigenvalue weighted by atomic mass is 9.92. The lowest BCUT2D eigenvalue weighted by Crippen LogP contribution is -2.46. The van der Waals surface area contributed by atoms with E-state index in [2.05, 4.69) is 38.0 Å². The van der Waals surface area contributed by atoms with E-state index >= 15 is 0 Å². The molecule has 0 unspecified atom stereocenters. The number of alkyl carbamates (subject to hydrolysis) is 1. The van der Waals surface area contributed by atoms with Crippen molar-refractivity contribution in [3.8, 4) is 0 Å². The van der Waals surface area contributed by atoms with Crippen LogP contribution in [0, 0.1) is 19.8 Å². The fourth-order valence-corrected chi connectivity index (χ4v) is 6.00. The van der Waals surface area contributed by atoms with E-state index in [1.165, 1.54) is 5.56 Å². The van der Waals surface area contributed by atoms with Gasteiger partial charge in [-0.1, -0.05) is 18.9 Å². The van der Waals surface area contributed by atoms with Crippen LogP contribution >= 0.6 is 0 Å². The molecule has 216 valence electrons. The van der Waals surface area contributed by atoms with Gasteiger partial charge in [-0.3, -0.25) is 0 Å². The lowest BCUT2D eigenvalue weighted by molar-refractivity contribution is -0.139. The van der Waals surface area contributed by atoms with E-state index in [0.29, 0.717) is 30.1 Å². The SMILES string of the molecule is Cc1nc(NC[C@H](NC(=O)OCC2CCCC2)C(=O)O)c(C)c(N2CCC(c3ccc4c(n3)NCCC4)CC2)n1. The number of amides is 1. The van der Waals surface area contributed by atoms with Crippen LogP contribution in [0.1, 0.15) is 73.5 Å². The van der Waals surface area contributed by atoms with Crippen molar-refractivity contribution in [3.63, 3.8) is 0 Å². The average molecular weight is 552 g/mol. The molecule has 3 aliphatic rings. The Morgan fingerprint density at radius 1 is 1.10 bits per heavy atom. The maximum absolute atomic E-state index is 12.2. The van der Waals surface area contributed by atoms with Gasteiger partial charge in [-0.15, -0.1) is 0 Å². The molecule has 1 saturated carbocycles. The number of pyridine rings is 1. The highest BCUT2D eigenvalue weighted by Crippen LogP contribution is 2.33. The highest BCUT2D eigenvalue weighted by molar-refractivity contribution is 5.80. The molecule has 4 heterocycles. The molecule has 0 bridgehead atoms. The summed E-state index contributed by atoms with van der Waals surface area (Å²) < 4.78 is 5.29. The molecule has 5 rings (SSSR count). The molecule has 11 heteroatoms. The molecular weight excluding hydrogens is 510 g/mol. The van der Waals surface area contributed by atoms with Gasteiger partial charge in [-0.05, 0) is 69.9 Å². The quantitative estimate of drug-likeness (QED) is 0.361. The van der Waals surface area contributed by atoms with Crippen LogP contribution in [-0.4, -0.2) is 70.9 Å². The Morgan fingerprint density at radius 3 is 2.62 bits per heavy atom. The monoisotopic (exact) mass is 551 g/mol. The number of carbonyl (C=O) groups is 2. The predicted molar refractivity (Wildman–Crippen MR) is 153 cm³/mol. The van der Waals surface area contributed by atoms with Gasteiger partial charge in [-0.25, -0.2) is 24.5 Å². The van der Waals surface area contributed by atoms with Crippen LogP contribution in [0.15, 0.2) is 12.1 Å². The summed E-state index contributed by atoms with van der Waals surface area (Å²) in [5, 5.41) is 18.7. The highest BCUT2D eigenvalue weighted by atomic mass is 16.5. The number of carboxylic acid groups (broad SMARTS) is 1. The summed E-state index contributed by atoms with van der Waals surface area (Å²) in [4.78, 5) is 40.6. The third-order valence-corrected chi connectivity index (χ3v) is 8.35. The largest absolute Gasteiger partial charge is 0.480 e. The molecule has 4 N–H and O–H groups in total. The molecular formula is C29H41N7O4. The molecule has 2 aromatic rings. The standard InChI is InChI=1S/C29H41N7O4/c1-18-25(31-16-24(28(37)38)35-29(39)40-17-20-6-3-4-7-20)32-19(2)33-27(18)36-14-11-21(12-15-36)23-10-9-22-8-5-13-30-26(22)34-23/h9-10,20-21,24H,3-8,11-17H2,1-2H3,(H,30,34)(H,35,39)(H,37,38)(H,31,32,33)/t24-/m0/s1. The second-order valence-corrected chi connectivity index (χ2v) is 11.3. The summed E-state index contributed by atoms with van der Waals surface area (Å²) >= 11 is 0. The number of hydrogen-bond acceptors (Lipinski definition) is 9. The van der Waals surface area contributed by atoms with Gasteiger partial charge in [-0.2, -0.15) is 0 Å². The van der Waals surface area contributed by atoms with E-state index in [9.17, 15) is 14.7 Å². The minimum Gasteiger partial charge on any atom is -0.480 e. The molecule has 2 aromatic heterocycles. The Kier molecular flexibility index (Phi) is 8.86. The first-order chi connectivity index (χ1) is 19.4. The maximum atomic E-state index is 12.2. The fraction of sp³-hybridized carbons (Fsp3) is 0.621. The van der Waals surface area contributed by atoms with E-state index in [4.69, 9.17) is 14.7 Å². The fourth-order valence-electron chi connectivity index (χ4n) is 6.00. The van der Waals surface area contributed by atoms with E-state index in [-0.39, 0.29) is 6.54 Å². The number of anilines is 3. The van der Waals surface area contributed by atoms with Crippen molar-refractivity contribution in [1.29, 1.82) is 0 Å². The van der Waals surface area contributed by atoms with Gasteiger partial charge in [0.25, 0.3) is 0 Å². The number of aliphatic carboxylic acids is 1. The van der Waals surface area contributed by atoms with Crippen LogP contribution in [0.2, 0.25) is 0 Å². The van der Waals surface area contributed by atoms with E-state index in [1.54, 1.807) is 0 Å². The summed E-state index contributed by atoms with van der Waals surface area (Å²) in [5.41, 5.74) is 3.31. The van der Waals surface area contributed by atoms with Gasteiger partial charge in [0.05, 0.1) is 6.61 Å². The van der Waals surface area contributed by atoms with Crippen LogP contribution in [0.25, 0.3) is 0 Å². The van der Waals surface area contributed by atoms with Crippen molar-refractivity contribution < 1.29 is 19.4 Å². The number of ether oxygens (including phenoxy) is 1. The number of carboxylic acids is 1. The molecule has 1 saturated heterocycles. The number of aryl methyl sites for hydroxylation is 2. The molecule has 0 spiro atoms. The van der Waals surface area contributed by atoms with Crippen molar-refractivity contribution >= 4 is 29.5 Å². The Bertz CT molecular complexity index is 1210. The second-order valence-electron chi connectivity index (χ2n) is 11.3. The van der Waals surface area contributed by atoms with Crippen molar-refractivity contribution in [2.45, 2.75) is 77.2 Å². The van der Waals surface area contributed by atoms with Crippen molar-refractivity contribution in [2.24, 2.45) is 5.92 Å². The number of aromatic nitrogens is 3. The van der Waals surface area contributed by atoms with Crippen molar-refractivity contribution in [1.82, 2.24) is 20.3 Å². The molecule has 40 heavy (non-hydrogen) atoms. The zero-order valence-electron chi connectivity index (χ0n) is 23.5. The Balaban J connectivity index is 1.18. The third kappa shape index (κ3) is 6.74. The van der Waals surface area contributed by atoms with Gasteiger partial charge in [0.1, 0.15) is 29.3 Å². The van der Waals surface area contributed by atoms with Gasteiger partial charge in [0.2, 0.25) is 0 Å². The first kappa shape index (κ1) is 27.9. The molecule has 1 amide bonds. The Labute approximate surface area is 235 Å². The van der Waals surface area contributed by atoms with Gasteiger partial charge in [0.15, 0.2) is 0 Å². The predicted octanol–water partition coefficient (Wildman–Crippen LogP) is 4.01. The maximum Gasteiger partial charge on any atom is 0.407 e. The summed E-state index contributed by atoms with van der Waals surface area (Å²) in [6.07, 6.45) is 7.89. The van der Waals surface area contributed by atoms with Crippen LogP contribution in [0.5, 0.6) is 0 Å². The number of carbonyl (C=O) groups excluding carboxylic acids is 1. The van der Waals surface area contributed by atoms with Crippen LogP contribution in [-0.2, 0) is 16.0 Å². The number of nitrogens with one attached hydrogen (secondary N) is 3. The summed E-state index contributed by atoms with van der Waals surface area (Å²) in [6.45, 7) is 6.76. The molecule has 1 aliphatic carbocycles. The summed E-state index contributed by atoms with van der Waals surface area (Å²) in [6, 6.07) is 3.26. The normalized spacial score (nSPS) is 18.5. The minimum absolute atomic E-state index is 0.0231. The zero-order valence-corrected chi connectivity index (χ0v) is 23.5. The molecule has 11 nitrogen and oxygen atoms in total. The van der Waals surface area contributed by atoms with Crippen molar-refractivity contribution in [3.05, 3.63) is 34.8 Å². The van der Waals surface area contributed by atoms with Crippen LogP contribution in [0.4, 0.5) is 22.2 Å². The molecule has 1 atom stereocenters. The number of hydrogen-bond donors (Lipinski definition) is 4. The van der Waals surface area contributed by atoms with Gasteiger partial charge in [0, 0.05) is 43.4 Å². The molecule has 2 aliphatic heterocycles. The molecule has 0 radical (unpaired) electrons. The Morgan fingerprint density at radius 2 is 1.88 bits per heavy atom. The second kappa shape index (κ2) is 12.7. The summed E-state index contributed by atoms with van der Waals surface area (Å²) in [7, 11) is 0. The van der Waals surface area contributed by atoms with Gasteiger partial charge >= 0.3 is 12.1 Å². The van der Waals surface area contributed by atoms with Gasteiger partial charge < -0.3 is 30.7 Å². The van der Waals surface area contributed by atoms with E-state index in [1.807, 2.05) is 13.8 Å². The first-order valence-electron chi connectivity index (χ1n) is 14.6. The number of fused-ring (bicyclic) bond motifs is 1. The lowest BCUT2D eigenvalue weighted by Gasteiger charge is -2.34. The number of rotatable bonds is 9. The molecule has 0 aromatic carbocycles. The zero-order chi connectivity index (χ0) is 28.1. The third-order valence-electron chi connectivity index (χ3n) is 8.35. The minimum atomic E-state index is -1.15. The number of nitrogens with zero attached hydrogens (tertiary/aromatic N) is 4. The van der Waals surface area contributed by atoms with Crippen LogP contribution in [0.3, 0.4) is 0 Å². The smallest absolute Gasteiger partial charge is 0.407 e. The molecule has 2 fully saturated rings. The first-order valence-corrected chi connectivity index (χ1v) is 14.6.